The Morgan fingerprint density at radius 2 is 2.00 bits per heavy atom. The second-order valence-electron chi connectivity index (χ2n) is 5.57. The summed E-state index contributed by atoms with van der Waals surface area (Å²) in [5.41, 5.74) is 0. The molecule has 1 aliphatic rings. The highest BCUT2D eigenvalue weighted by molar-refractivity contribution is 5.68. The van der Waals surface area contributed by atoms with Gasteiger partial charge in [-0.25, -0.2) is 14.8 Å². The minimum atomic E-state index is -0.229. The molecule has 7 nitrogen and oxygen atoms in total. The van der Waals surface area contributed by atoms with Gasteiger partial charge in [0.2, 0.25) is 0 Å². The van der Waals surface area contributed by atoms with Crippen LogP contribution in [0.5, 0.6) is 0 Å². The molecule has 0 unspecified atom stereocenters. The lowest BCUT2D eigenvalue weighted by Crippen LogP contribution is -2.49. The van der Waals surface area contributed by atoms with Gasteiger partial charge in [-0.3, -0.25) is 0 Å². The van der Waals surface area contributed by atoms with E-state index in [1.807, 2.05) is 13.0 Å². The number of ether oxygens (including phenoxy) is 1. The largest absolute Gasteiger partial charge is 0.450 e. The van der Waals surface area contributed by atoms with Crippen molar-refractivity contribution in [3.63, 3.8) is 0 Å². The Balaban J connectivity index is 1.84. The molecule has 23 heavy (non-hydrogen) atoms. The zero-order valence-electron chi connectivity index (χ0n) is 14.1. The highest BCUT2D eigenvalue weighted by atomic mass is 16.6. The molecule has 2 rings (SSSR count). The van der Waals surface area contributed by atoms with Crippen LogP contribution in [0.25, 0.3) is 0 Å². The van der Waals surface area contributed by atoms with E-state index in [0.29, 0.717) is 19.7 Å². The fourth-order valence-electron chi connectivity index (χ4n) is 2.54. The molecule has 1 aliphatic heterocycles. The maximum atomic E-state index is 11.7. The maximum Gasteiger partial charge on any atom is 0.409 e. The third kappa shape index (κ3) is 5.26. The second kappa shape index (κ2) is 9.17. The number of carbonyl (C=O) groups excluding carboxylic acids is 1. The van der Waals surface area contributed by atoms with E-state index >= 15 is 0 Å². The molecule has 0 atom stereocenters. The average molecular weight is 321 g/mol. The number of hydrogen-bond donors (Lipinski definition) is 1. The van der Waals surface area contributed by atoms with E-state index in [2.05, 4.69) is 27.1 Å². The molecule has 1 fully saturated rings. The first-order chi connectivity index (χ1) is 11.2. The predicted octanol–water partition coefficient (Wildman–Crippen LogP) is 2.36. The van der Waals surface area contributed by atoms with E-state index in [1.54, 1.807) is 11.2 Å². The molecule has 2 heterocycles. The van der Waals surface area contributed by atoms with E-state index < -0.39 is 0 Å². The Bertz CT molecular complexity index is 489. The van der Waals surface area contributed by atoms with Gasteiger partial charge in [-0.2, -0.15) is 0 Å². The van der Waals surface area contributed by atoms with Crippen LogP contribution in [0.2, 0.25) is 0 Å². The van der Waals surface area contributed by atoms with Gasteiger partial charge in [0.05, 0.1) is 6.61 Å². The molecule has 0 aromatic carbocycles. The van der Waals surface area contributed by atoms with Gasteiger partial charge in [-0.05, 0) is 13.3 Å². The SMILES string of the molecule is CCCCCNc1cc(N2CCN(C(=O)OCC)CC2)ncn1. The maximum absolute atomic E-state index is 11.7. The summed E-state index contributed by atoms with van der Waals surface area (Å²) >= 11 is 0. The molecule has 0 bridgehead atoms. The van der Waals surface area contributed by atoms with Gasteiger partial charge >= 0.3 is 6.09 Å². The molecule has 0 radical (unpaired) electrons. The highest BCUT2D eigenvalue weighted by Gasteiger charge is 2.22. The first-order valence-corrected chi connectivity index (χ1v) is 8.47. The van der Waals surface area contributed by atoms with Crippen molar-refractivity contribution in [2.45, 2.75) is 33.1 Å². The monoisotopic (exact) mass is 321 g/mol. The van der Waals surface area contributed by atoms with Gasteiger partial charge in [0, 0.05) is 38.8 Å². The first-order valence-electron chi connectivity index (χ1n) is 8.47. The van der Waals surface area contributed by atoms with Crippen LogP contribution in [-0.2, 0) is 4.74 Å². The zero-order chi connectivity index (χ0) is 16.5. The van der Waals surface area contributed by atoms with Crippen LogP contribution >= 0.6 is 0 Å². The van der Waals surface area contributed by atoms with Crippen LogP contribution in [0.15, 0.2) is 12.4 Å². The van der Waals surface area contributed by atoms with Crippen LogP contribution in [0.4, 0.5) is 16.4 Å². The number of nitrogens with one attached hydrogen (secondary N) is 1. The quantitative estimate of drug-likeness (QED) is 0.777. The molecule has 0 aliphatic carbocycles. The Morgan fingerprint density at radius 3 is 2.70 bits per heavy atom. The van der Waals surface area contributed by atoms with Gasteiger partial charge < -0.3 is 19.9 Å². The molecule has 128 valence electrons. The van der Waals surface area contributed by atoms with E-state index in [9.17, 15) is 4.79 Å². The lowest BCUT2D eigenvalue weighted by Gasteiger charge is -2.34. The van der Waals surface area contributed by atoms with Crippen LogP contribution < -0.4 is 10.2 Å². The van der Waals surface area contributed by atoms with Crippen LogP contribution in [0.3, 0.4) is 0 Å². The summed E-state index contributed by atoms with van der Waals surface area (Å²) in [6.45, 7) is 8.18. The summed E-state index contributed by atoms with van der Waals surface area (Å²) < 4.78 is 5.04. The minimum absolute atomic E-state index is 0.229. The van der Waals surface area contributed by atoms with E-state index in [4.69, 9.17) is 4.74 Å². The van der Waals surface area contributed by atoms with Crippen molar-refractivity contribution in [2.75, 3.05) is 49.5 Å². The number of nitrogens with zero attached hydrogens (tertiary/aromatic N) is 4. The molecule has 1 aromatic heterocycles. The molecule has 1 N–H and O–H groups in total. The lowest BCUT2D eigenvalue weighted by molar-refractivity contribution is 0.105. The number of aromatic nitrogens is 2. The van der Waals surface area contributed by atoms with Gasteiger partial charge in [0.25, 0.3) is 0 Å². The molecule has 0 saturated carbocycles. The van der Waals surface area contributed by atoms with Crippen LogP contribution in [0, 0.1) is 0 Å². The number of anilines is 2. The molecular formula is C16H27N5O2. The standard InChI is InChI=1S/C16H27N5O2/c1-3-5-6-7-17-14-12-15(19-13-18-14)20-8-10-21(11-9-20)16(22)23-4-2/h12-13H,3-11H2,1-2H3,(H,17,18,19). The summed E-state index contributed by atoms with van der Waals surface area (Å²) in [6, 6.07) is 1.98. The normalized spacial score (nSPS) is 14.7. The second-order valence-corrected chi connectivity index (χ2v) is 5.57. The van der Waals surface area contributed by atoms with Gasteiger partial charge in [-0.15, -0.1) is 0 Å². The first kappa shape index (κ1) is 17.3. The van der Waals surface area contributed by atoms with E-state index in [1.165, 1.54) is 12.8 Å². The van der Waals surface area contributed by atoms with Crippen molar-refractivity contribution in [1.82, 2.24) is 14.9 Å². The third-order valence-corrected chi connectivity index (χ3v) is 3.87. The molecule has 1 amide bonds. The summed E-state index contributed by atoms with van der Waals surface area (Å²) in [5.74, 6) is 1.76. The summed E-state index contributed by atoms with van der Waals surface area (Å²) in [4.78, 5) is 24.3. The summed E-state index contributed by atoms with van der Waals surface area (Å²) in [5, 5.41) is 3.34. The van der Waals surface area contributed by atoms with Crippen molar-refractivity contribution < 1.29 is 9.53 Å². The fraction of sp³-hybridized carbons (Fsp3) is 0.688. The Kier molecular flexibility index (Phi) is 6.90. The number of rotatable bonds is 7. The third-order valence-electron chi connectivity index (χ3n) is 3.87. The van der Waals surface area contributed by atoms with Crippen LogP contribution in [-0.4, -0.2) is 60.3 Å². The summed E-state index contributed by atoms with van der Waals surface area (Å²) in [7, 11) is 0. The van der Waals surface area contributed by atoms with E-state index in [0.717, 1.165) is 37.7 Å². The lowest BCUT2D eigenvalue weighted by atomic mass is 10.2. The average Bonchev–Trinajstić information content (AvgIpc) is 2.59. The Labute approximate surface area is 138 Å². The van der Waals surface area contributed by atoms with Crippen molar-refractivity contribution in [2.24, 2.45) is 0 Å². The molecule has 7 heteroatoms. The Hall–Kier alpha value is -2.05. The fourth-order valence-corrected chi connectivity index (χ4v) is 2.54. The Morgan fingerprint density at radius 1 is 1.22 bits per heavy atom. The van der Waals surface area contributed by atoms with Gasteiger partial charge in [-0.1, -0.05) is 19.8 Å². The summed E-state index contributed by atoms with van der Waals surface area (Å²) in [6.07, 6.45) is 4.94. The van der Waals surface area contributed by atoms with Crippen molar-refractivity contribution in [3.8, 4) is 0 Å². The number of hydrogen-bond acceptors (Lipinski definition) is 6. The number of unbranched alkanes of at least 4 members (excludes halogenated alkanes) is 2. The smallest absolute Gasteiger partial charge is 0.409 e. The van der Waals surface area contributed by atoms with E-state index in [-0.39, 0.29) is 6.09 Å². The van der Waals surface area contributed by atoms with Crippen LogP contribution in [0.1, 0.15) is 33.1 Å². The van der Waals surface area contributed by atoms with Crippen molar-refractivity contribution >= 4 is 17.7 Å². The molecular weight excluding hydrogens is 294 g/mol. The molecule has 1 saturated heterocycles. The number of carbonyl (C=O) groups is 1. The molecule has 0 spiro atoms. The van der Waals surface area contributed by atoms with Gasteiger partial charge in [0.15, 0.2) is 0 Å². The number of piperazine rings is 1. The highest BCUT2D eigenvalue weighted by Crippen LogP contribution is 2.16. The predicted molar refractivity (Wildman–Crippen MR) is 90.9 cm³/mol. The zero-order valence-corrected chi connectivity index (χ0v) is 14.1. The topological polar surface area (TPSA) is 70.6 Å². The molecule has 1 aromatic rings. The van der Waals surface area contributed by atoms with Crippen molar-refractivity contribution in [1.29, 1.82) is 0 Å². The number of amides is 1. The minimum Gasteiger partial charge on any atom is -0.450 e. The van der Waals surface area contributed by atoms with Crippen molar-refractivity contribution in [3.05, 3.63) is 12.4 Å². The van der Waals surface area contributed by atoms with Gasteiger partial charge in [0.1, 0.15) is 18.0 Å².